The number of hydrogen-bond acceptors (Lipinski definition) is 4. The van der Waals surface area contributed by atoms with Crippen LogP contribution in [0, 0.1) is 11.8 Å². The minimum atomic E-state index is -0.254. The molecule has 1 aromatic heterocycles. The summed E-state index contributed by atoms with van der Waals surface area (Å²) >= 11 is 0. The Bertz CT molecular complexity index is 732. The highest BCUT2D eigenvalue weighted by molar-refractivity contribution is 6.01. The van der Waals surface area contributed by atoms with Crippen LogP contribution in [0.15, 0.2) is 36.5 Å². The number of nitrogens with zero attached hydrogens (tertiary/aromatic N) is 1. The Morgan fingerprint density at radius 3 is 2.64 bits per heavy atom. The van der Waals surface area contributed by atoms with Gasteiger partial charge in [0.2, 0.25) is 11.8 Å². The number of amides is 2. The standard InChI is InChI=1S/C17H20N4O2.2ClH/c1-11(13-8-18-9-13)17(23)20-10-15(22)21-14-6-2-4-12-5-3-7-19-16(12)14;;/h2-7,11,13,18H,8-10H2,1H3,(H,20,23)(H,21,22);2*1H. The van der Waals surface area contributed by atoms with Crippen molar-refractivity contribution in [1.82, 2.24) is 15.6 Å². The number of carbonyl (C=O) groups is 2. The van der Waals surface area contributed by atoms with Crippen LogP contribution in [0.1, 0.15) is 6.92 Å². The van der Waals surface area contributed by atoms with Gasteiger partial charge >= 0.3 is 0 Å². The van der Waals surface area contributed by atoms with E-state index >= 15 is 0 Å². The van der Waals surface area contributed by atoms with Gasteiger partial charge in [0, 0.05) is 17.5 Å². The van der Waals surface area contributed by atoms with E-state index in [4.69, 9.17) is 0 Å². The second-order valence-corrected chi connectivity index (χ2v) is 5.85. The predicted molar refractivity (Wildman–Crippen MR) is 103 cm³/mol. The van der Waals surface area contributed by atoms with Crippen LogP contribution >= 0.6 is 24.8 Å². The quantitative estimate of drug-likeness (QED) is 0.735. The molecule has 8 heteroatoms. The third kappa shape index (κ3) is 5.04. The number of carbonyl (C=O) groups excluding carboxylic acids is 2. The predicted octanol–water partition coefficient (Wildman–Crippen LogP) is 1.99. The first-order chi connectivity index (χ1) is 11.1. The minimum absolute atomic E-state index is 0. The lowest BCUT2D eigenvalue weighted by Crippen LogP contribution is -2.50. The van der Waals surface area contributed by atoms with Gasteiger partial charge in [0.1, 0.15) is 0 Å². The van der Waals surface area contributed by atoms with Crippen molar-refractivity contribution in [3.8, 4) is 0 Å². The average Bonchev–Trinajstić information content (AvgIpc) is 2.51. The molecule has 1 atom stereocenters. The van der Waals surface area contributed by atoms with Gasteiger partial charge in [-0.25, -0.2) is 0 Å². The SMILES string of the molecule is CC(C(=O)NCC(=O)Nc1cccc2cccnc12)C1CNC1.Cl.Cl. The van der Waals surface area contributed by atoms with Crippen LogP contribution in [0.4, 0.5) is 5.69 Å². The molecule has 25 heavy (non-hydrogen) atoms. The number of rotatable bonds is 5. The highest BCUT2D eigenvalue weighted by atomic mass is 35.5. The maximum Gasteiger partial charge on any atom is 0.243 e. The summed E-state index contributed by atoms with van der Waals surface area (Å²) in [6.45, 7) is 3.59. The van der Waals surface area contributed by atoms with E-state index in [0.29, 0.717) is 11.6 Å². The number of fused-ring (bicyclic) bond motifs is 1. The maximum atomic E-state index is 12.1. The second-order valence-electron chi connectivity index (χ2n) is 5.85. The fourth-order valence-corrected chi connectivity index (χ4v) is 2.61. The number of para-hydroxylation sites is 1. The number of halogens is 2. The van der Waals surface area contributed by atoms with Gasteiger partial charge in [-0.05, 0) is 31.1 Å². The maximum absolute atomic E-state index is 12.1. The molecule has 1 aromatic carbocycles. The summed E-state index contributed by atoms with van der Waals surface area (Å²) in [4.78, 5) is 28.4. The zero-order valence-corrected chi connectivity index (χ0v) is 15.5. The summed E-state index contributed by atoms with van der Waals surface area (Å²) < 4.78 is 0. The number of anilines is 1. The highest BCUT2D eigenvalue weighted by Crippen LogP contribution is 2.20. The molecular weight excluding hydrogens is 363 g/mol. The van der Waals surface area contributed by atoms with E-state index in [2.05, 4.69) is 20.9 Å². The molecule has 0 aliphatic carbocycles. The van der Waals surface area contributed by atoms with E-state index in [1.165, 1.54) is 0 Å². The number of benzene rings is 1. The van der Waals surface area contributed by atoms with Gasteiger partial charge in [0.15, 0.2) is 0 Å². The molecule has 3 rings (SSSR count). The van der Waals surface area contributed by atoms with Crippen LogP contribution in [0.5, 0.6) is 0 Å². The molecule has 0 bridgehead atoms. The minimum Gasteiger partial charge on any atom is -0.347 e. The molecule has 1 fully saturated rings. The van der Waals surface area contributed by atoms with Crippen molar-refractivity contribution < 1.29 is 9.59 Å². The Kier molecular flexibility index (Phi) is 8.09. The summed E-state index contributed by atoms with van der Waals surface area (Å²) in [6.07, 6.45) is 1.69. The van der Waals surface area contributed by atoms with Crippen molar-refractivity contribution in [3.05, 3.63) is 36.5 Å². The Balaban J connectivity index is 0.00000156. The van der Waals surface area contributed by atoms with E-state index in [1.54, 1.807) is 12.3 Å². The molecule has 136 valence electrons. The Hall–Kier alpha value is -1.89. The molecule has 0 saturated carbocycles. The molecule has 1 aliphatic heterocycles. The Labute approximate surface area is 159 Å². The van der Waals surface area contributed by atoms with E-state index in [-0.39, 0.29) is 49.1 Å². The average molecular weight is 385 g/mol. The van der Waals surface area contributed by atoms with Crippen molar-refractivity contribution in [3.63, 3.8) is 0 Å². The lowest BCUT2D eigenvalue weighted by Gasteiger charge is -2.31. The molecule has 6 nitrogen and oxygen atoms in total. The monoisotopic (exact) mass is 384 g/mol. The van der Waals surface area contributed by atoms with Gasteiger partial charge in [0.05, 0.1) is 17.7 Å². The molecule has 1 unspecified atom stereocenters. The summed E-state index contributed by atoms with van der Waals surface area (Å²) in [5.41, 5.74) is 1.39. The molecule has 0 spiro atoms. The van der Waals surface area contributed by atoms with Crippen LogP contribution in [-0.4, -0.2) is 36.4 Å². The van der Waals surface area contributed by atoms with Crippen LogP contribution in [0.2, 0.25) is 0 Å². The molecule has 2 heterocycles. The molecule has 2 amide bonds. The van der Waals surface area contributed by atoms with E-state index in [9.17, 15) is 9.59 Å². The number of hydrogen-bond donors (Lipinski definition) is 3. The summed E-state index contributed by atoms with van der Waals surface area (Å²) in [6, 6.07) is 9.40. The fourth-order valence-electron chi connectivity index (χ4n) is 2.61. The summed E-state index contributed by atoms with van der Waals surface area (Å²) in [7, 11) is 0. The Morgan fingerprint density at radius 1 is 1.24 bits per heavy atom. The first-order valence-corrected chi connectivity index (χ1v) is 7.77. The van der Waals surface area contributed by atoms with Gasteiger partial charge in [-0.2, -0.15) is 0 Å². The van der Waals surface area contributed by atoms with Crippen LogP contribution < -0.4 is 16.0 Å². The number of nitrogens with one attached hydrogen (secondary N) is 3. The molecule has 1 saturated heterocycles. The lowest BCUT2D eigenvalue weighted by atomic mass is 9.88. The van der Waals surface area contributed by atoms with E-state index < -0.39 is 0 Å². The first kappa shape index (κ1) is 21.2. The van der Waals surface area contributed by atoms with E-state index in [1.807, 2.05) is 31.2 Å². The third-order valence-corrected chi connectivity index (χ3v) is 4.26. The smallest absolute Gasteiger partial charge is 0.243 e. The van der Waals surface area contributed by atoms with Crippen molar-refractivity contribution in [1.29, 1.82) is 0 Å². The highest BCUT2D eigenvalue weighted by Gasteiger charge is 2.28. The van der Waals surface area contributed by atoms with Crippen LogP contribution in [-0.2, 0) is 9.59 Å². The summed E-state index contributed by atoms with van der Waals surface area (Å²) in [5, 5.41) is 9.61. The fraction of sp³-hybridized carbons (Fsp3) is 0.353. The normalized spacial score (nSPS) is 14.4. The number of pyridine rings is 1. The van der Waals surface area contributed by atoms with Gasteiger partial charge in [-0.15, -0.1) is 24.8 Å². The largest absolute Gasteiger partial charge is 0.347 e. The van der Waals surface area contributed by atoms with Gasteiger partial charge in [-0.3, -0.25) is 14.6 Å². The van der Waals surface area contributed by atoms with Gasteiger partial charge in [-0.1, -0.05) is 25.1 Å². The molecule has 3 N–H and O–H groups in total. The van der Waals surface area contributed by atoms with Crippen molar-refractivity contribution in [2.45, 2.75) is 6.92 Å². The number of aromatic nitrogens is 1. The zero-order chi connectivity index (χ0) is 16.2. The third-order valence-electron chi connectivity index (χ3n) is 4.26. The van der Waals surface area contributed by atoms with Crippen LogP contribution in [0.25, 0.3) is 10.9 Å². The lowest BCUT2D eigenvalue weighted by molar-refractivity contribution is -0.128. The van der Waals surface area contributed by atoms with Crippen LogP contribution in [0.3, 0.4) is 0 Å². The van der Waals surface area contributed by atoms with Crippen molar-refractivity contribution in [2.75, 3.05) is 25.0 Å². The molecule has 0 radical (unpaired) electrons. The Morgan fingerprint density at radius 2 is 1.96 bits per heavy atom. The topological polar surface area (TPSA) is 83.1 Å². The molecular formula is C17H22Cl2N4O2. The summed E-state index contributed by atoms with van der Waals surface area (Å²) in [5.74, 6) is -0.0540. The molecule has 1 aliphatic rings. The van der Waals surface area contributed by atoms with Gasteiger partial charge in [0.25, 0.3) is 0 Å². The zero-order valence-electron chi connectivity index (χ0n) is 13.8. The van der Waals surface area contributed by atoms with E-state index in [0.717, 1.165) is 24.0 Å². The molecule has 2 aromatic rings. The van der Waals surface area contributed by atoms with Gasteiger partial charge < -0.3 is 16.0 Å². The second kappa shape index (κ2) is 9.56. The first-order valence-electron chi connectivity index (χ1n) is 7.77. The van der Waals surface area contributed by atoms with Crippen molar-refractivity contribution in [2.24, 2.45) is 11.8 Å². The van der Waals surface area contributed by atoms with Crippen molar-refractivity contribution >= 4 is 53.2 Å².